The molecule has 0 bridgehead atoms. The number of amides is 1. The number of benzene rings is 2. The molecule has 5 heteroatoms. The molecule has 2 N–H and O–H groups in total. The van der Waals surface area contributed by atoms with E-state index in [2.05, 4.69) is 26.1 Å². The third-order valence-electron chi connectivity index (χ3n) is 4.54. The number of aliphatic hydroxyl groups excluding tert-OH is 1. The SMILES string of the molecule is COCCc1ccc(OC[C@H](CO)NC(=O)c2ccc(C(C)(C)C)cc2)cc1. The molecule has 0 aliphatic heterocycles. The van der Waals surface area contributed by atoms with Crippen LogP contribution in [-0.2, 0) is 16.6 Å². The Labute approximate surface area is 167 Å². The van der Waals surface area contributed by atoms with Crippen LogP contribution in [0.15, 0.2) is 48.5 Å². The average Bonchev–Trinajstić information content (AvgIpc) is 2.69. The highest BCUT2D eigenvalue weighted by atomic mass is 16.5. The first kappa shape index (κ1) is 21.9. The monoisotopic (exact) mass is 385 g/mol. The highest BCUT2D eigenvalue weighted by Crippen LogP contribution is 2.22. The van der Waals surface area contributed by atoms with Crippen molar-refractivity contribution < 1.29 is 19.4 Å². The highest BCUT2D eigenvalue weighted by molar-refractivity contribution is 5.94. The number of methoxy groups -OCH3 is 1. The van der Waals surface area contributed by atoms with Crippen LogP contribution in [-0.4, -0.2) is 44.0 Å². The number of hydrogen-bond donors (Lipinski definition) is 2. The summed E-state index contributed by atoms with van der Waals surface area (Å²) in [5, 5.41) is 12.4. The summed E-state index contributed by atoms with van der Waals surface area (Å²) in [5.74, 6) is 0.474. The number of aliphatic hydroxyl groups is 1. The standard InChI is InChI=1S/C23H31NO4/c1-23(2,3)19-9-7-18(8-10-19)22(26)24-20(15-25)16-28-21-11-5-17(6-12-21)13-14-27-4/h5-12,20,25H,13-16H2,1-4H3,(H,24,26)/t20-/m0/s1. The van der Waals surface area contributed by atoms with Gasteiger partial charge in [0.15, 0.2) is 0 Å². The molecule has 2 rings (SSSR count). The van der Waals surface area contributed by atoms with Crippen LogP contribution in [0.1, 0.15) is 42.3 Å². The molecule has 28 heavy (non-hydrogen) atoms. The zero-order valence-electron chi connectivity index (χ0n) is 17.2. The van der Waals surface area contributed by atoms with Crippen molar-refractivity contribution in [3.63, 3.8) is 0 Å². The van der Waals surface area contributed by atoms with Crippen LogP contribution in [0.25, 0.3) is 0 Å². The Hall–Kier alpha value is -2.37. The molecule has 152 valence electrons. The van der Waals surface area contributed by atoms with Gasteiger partial charge in [-0.2, -0.15) is 0 Å². The first-order chi connectivity index (χ1) is 13.3. The minimum Gasteiger partial charge on any atom is -0.491 e. The van der Waals surface area contributed by atoms with Gasteiger partial charge in [-0.05, 0) is 47.2 Å². The molecule has 2 aromatic carbocycles. The molecule has 2 aromatic rings. The predicted octanol–water partition coefficient (Wildman–Crippen LogP) is 3.34. The molecule has 0 unspecified atom stereocenters. The topological polar surface area (TPSA) is 67.8 Å². The van der Waals surface area contributed by atoms with Gasteiger partial charge < -0.3 is 19.9 Å². The van der Waals surface area contributed by atoms with Gasteiger partial charge in [0.1, 0.15) is 12.4 Å². The van der Waals surface area contributed by atoms with E-state index in [1.807, 2.05) is 48.5 Å². The Morgan fingerprint density at radius 2 is 1.71 bits per heavy atom. The van der Waals surface area contributed by atoms with E-state index < -0.39 is 6.04 Å². The summed E-state index contributed by atoms with van der Waals surface area (Å²) in [4.78, 5) is 12.4. The molecular weight excluding hydrogens is 354 g/mol. The van der Waals surface area contributed by atoms with Crippen LogP contribution < -0.4 is 10.1 Å². The first-order valence-corrected chi connectivity index (χ1v) is 9.56. The van der Waals surface area contributed by atoms with Crippen LogP contribution >= 0.6 is 0 Å². The molecule has 0 radical (unpaired) electrons. The van der Waals surface area contributed by atoms with Gasteiger partial charge in [-0.1, -0.05) is 45.0 Å². The van der Waals surface area contributed by atoms with Crippen molar-refractivity contribution in [1.29, 1.82) is 0 Å². The summed E-state index contributed by atoms with van der Waals surface area (Å²) in [6.07, 6.45) is 0.847. The van der Waals surface area contributed by atoms with E-state index in [9.17, 15) is 9.90 Å². The third kappa shape index (κ3) is 6.66. The van der Waals surface area contributed by atoms with Crippen LogP contribution in [0.2, 0.25) is 0 Å². The fourth-order valence-electron chi connectivity index (χ4n) is 2.70. The summed E-state index contributed by atoms with van der Waals surface area (Å²) in [5.41, 5.74) is 2.93. The normalized spacial score (nSPS) is 12.5. The van der Waals surface area contributed by atoms with Gasteiger partial charge in [0, 0.05) is 12.7 Å². The van der Waals surface area contributed by atoms with E-state index in [1.54, 1.807) is 7.11 Å². The molecule has 0 aromatic heterocycles. The van der Waals surface area contributed by atoms with Crippen molar-refractivity contribution in [2.75, 3.05) is 26.9 Å². The maximum atomic E-state index is 12.4. The van der Waals surface area contributed by atoms with E-state index >= 15 is 0 Å². The average molecular weight is 386 g/mol. The predicted molar refractivity (Wildman–Crippen MR) is 111 cm³/mol. The molecule has 1 amide bonds. The molecule has 0 fully saturated rings. The Morgan fingerprint density at radius 3 is 2.25 bits per heavy atom. The molecule has 1 atom stereocenters. The summed E-state index contributed by atoms with van der Waals surface area (Å²) in [6, 6.07) is 14.8. The highest BCUT2D eigenvalue weighted by Gasteiger charge is 2.16. The Balaban J connectivity index is 1.88. The number of carbonyl (C=O) groups is 1. The van der Waals surface area contributed by atoms with Gasteiger partial charge in [0.25, 0.3) is 5.91 Å². The molecule has 0 saturated heterocycles. The number of carbonyl (C=O) groups excluding carboxylic acids is 1. The number of hydrogen-bond acceptors (Lipinski definition) is 4. The van der Waals surface area contributed by atoms with E-state index in [0.717, 1.165) is 6.42 Å². The molecule has 0 aliphatic rings. The molecule has 0 heterocycles. The number of rotatable bonds is 9. The zero-order valence-corrected chi connectivity index (χ0v) is 17.2. The van der Waals surface area contributed by atoms with Crippen LogP contribution in [0.3, 0.4) is 0 Å². The molecule has 0 saturated carbocycles. The fraction of sp³-hybridized carbons (Fsp3) is 0.435. The Morgan fingerprint density at radius 1 is 1.07 bits per heavy atom. The van der Waals surface area contributed by atoms with Crippen molar-refractivity contribution in [3.8, 4) is 5.75 Å². The quantitative estimate of drug-likeness (QED) is 0.695. The fourth-order valence-corrected chi connectivity index (χ4v) is 2.70. The second-order valence-electron chi connectivity index (χ2n) is 7.88. The summed E-state index contributed by atoms with van der Waals surface area (Å²) < 4.78 is 10.8. The van der Waals surface area contributed by atoms with E-state index in [0.29, 0.717) is 17.9 Å². The Kier molecular flexibility index (Phi) is 8.03. The van der Waals surface area contributed by atoms with Crippen LogP contribution in [0, 0.1) is 0 Å². The lowest BCUT2D eigenvalue weighted by Crippen LogP contribution is -2.41. The van der Waals surface area contributed by atoms with Gasteiger partial charge in [0.05, 0.1) is 19.3 Å². The second-order valence-corrected chi connectivity index (χ2v) is 7.88. The largest absolute Gasteiger partial charge is 0.491 e. The lowest BCUT2D eigenvalue weighted by Gasteiger charge is -2.20. The minimum atomic E-state index is -0.483. The summed E-state index contributed by atoms with van der Waals surface area (Å²) in [6.45, 7) is 7.06. The van der Waals surface area contributed by atoms with Crippen LogP contribution in [0.4, 0.5) is 0 Å². The minimum absolute atomic E-state index is 0.0373. The van der Waals surface area contributed by atoms with Crippen molar-refractivity contribution in [2.24, 2.45) is 0 Å². The van der Waals surface area contributed by atoms with Crippen molar-refractivity contribution in [3.05, 3.63) is 65.2 Å². The van der Waals surface area contributed by atoms with Gasteiger partial charge in [-0.25, -0.2) is 0 Å². The van der Waals surface area contributed by atoms with Crippen molar-refractivity contribution >= 4 is 5.91 Å². The van der Waals surface area contributed by atoms with Crippen molar-refractivity contribution in [1.82, 2.24) is 5.32 Å². The molecular formula is C23H31NO4. The number of nitrogens with one attached hydrogen (secondary N) is 1. The van der Waals surface area contributed by atoms with Crippen LogP contribution in [0.5, 0.6) is 5.75 Å². The van der Waals surface area contributed by atoms with Gasteiger partial charge in [-0.15, -0.1) is 0 Å². The smallest absolute Gasteiger partial charge is 0.251 e. The lowest BCUT2D eigenvalue weighted by molar-refractivity contribution is 0.0889. The van der Waals surface area contributed by atoms with Crippen molar-refractivity contribution in [2.45, 2.75) is 38.6 Å². The molecule has 5 nitrogen and oxygen atoms in total. The van der Waals surface area contributed by atoms with Gasteiger partial charge in [-0.3, -0.25) is 4.79 Å². The summed E-state index contributed by atoms with van der Waals surface area (Å²) in [7, 11) is 1.68. The first-order valence-electron chi connectivity index (χ1n) is 9.56. The van der Waals surface area contributed by atoms with E-state index in [-0.39, 0.29) is 24.5 Å². The van der Waals surface area contributed by atoms with E-state index in [1.165, 1.54) is 11.1 Å². The Bertz CT molecular complexity index is 733. The molecule has 0 spiro atoms. The zero-order chi connectivity index (χ0) is 20.6. The van der Waals surface area contributed by atoms with Gasteiger partial charge >= 0.3 is 0 Å². The lowest BCUT2D eigenvalue weighted by atomic mass is 9.86. The maximum Gasteiger partial charge on any atom is 0.251 e. The second kappa shape index (κ2) is 10.2. The maximum absolute atomic E-state index is 12.4. The van der Waals surface area contributed by atoms with E-state index in [4.69, 9.17) is 9.47 Å². The summed E-state index contributed by atoms with van der Waals surface area (Å²) >= 11 is 0. The van der Waals surface area contributed by atoms with Gasteiger partial charge in [0.2, 0.25) is 0 Å². The molecule has 0 aliphatic carbocycles. The third-order valence-corrected chi connectivity index (χ3v) is 4.54. The number of ether oxygens (including phenoxy) is 2.